The fourth-order valence-corrected chi connectivity index (χ4v) is 3.34. The van der Waals surface area contributed by atoms with Gasteiger partial charge in [0.15, 0.2) is 11.8 Å². The Morgan fingerprint density at radius 2 is 2.10 bits per heavy atom. The monoisotopic (exact) mass is 429 g/mol. The molecule has 3 rings (SSSR count). The number of benzene rings is 1. The SMILES string of the molecule is CCNC(=NCCCOCC1CCCO1)NCCc1ccc(-c2nc(CC)no2)cc1. The van der Waals surface area contributed by atoms with Gasteiger partial charge in [-0.3, -0.25) is 4.99 Å². The molecule has 8 nitrogen and oxygen atoms in total. The Balaban J connectivity index is 1.35. The van der Waals surface area contributed by atoms with E-state index >= 15 is 0 Å². The van der Waals surface area contributed by atoms with Gasteiger partial charge in [0, 0.05) is 44.8 Å². The summed E-state index contributed by atoms with van der Waals surface area (Å²) >= 11 is 0. The molecule has 1 aliphatic heterocycles. The van der Waals surface area contributed by atoms with E-state index < -0.39 is 0 Å². The highest BCUT2D eigenvalue weighted by Crippen LogP contribution is 2.18. The highest BCUT2D eigenvalue weighted by molar-refractivity contribution is 5.79. The summed E-state index contributed by atoms with van der Waals surface area (Å²) in [5.74, 6) is 2.15. The van der Waals surface area contributed by atoms with Crippen LogP contribution in [0.25, 0.3) is 11.5 Å². The molecular weight excluding hydrogens is 394 g/mol. The lowest BCUT2D eigenvalue weighted by Gasteiger charge is -2.12. The molecule has 0 spiro atoms. The molecule has 170 valence electrons. The average Bonchev–Trinajstić information content (AvgIpc) is 3.48. The van der Waals surface area contributed by atoms with Gasteiger partial charge >= 0.3 is 0 Å². The molecule has 0 amide bonds. The first-order valence-electron chi connectivity index (χ1n) is 11.4. The van der Waals surface area contributed by atoms with Crippen LogP contribution in [0.5, 0.6) is 0 Å². The van der Waals surface area contributed by atoms with Crippen molar-refractivity contribution in [1.82, 2.24) is 20.8 Å². The number of aromatic nitrogens is 2. The first-order valence-corrected chi connectivity index (χ1v) is 11.4. The molecule has 2 N–H and O–H groups in total. The van der Waals surface area contributed by atoms with Crippen LogP contribution < -0.4 is 10.6 Å². The first kappa shape index (κ1) is 23.2. The molecule has 2 aromatic rings. The van der Waals surface area contributed by atoms with Crippen LogP contribution in [0.3, 0.4) is 0 Å². The van der Waals surface area contributed by atoms with E-state index in [0.717, 1.165) is 82.3 Å². The molecule has 31 heavy (non-hydrogen) atoms. The maximum atomic E-state index is 5.70. The Hall–Kier alpha value is -2.45. The van der Waals surface area contributed by atoms with Gasteiger partial charge in [-0.15, -0.1) is 0 Å². The van der Waals surface area contributed by atoms with Gasteiger partial charge < -0.3 is 24.6 Å². The zero-order chi connectivity index (χ0) is 21.7. The second kappa shape index (κ2) is 13.1. The highest BCUT2D eigenvalue weighted by Gasteiger charge is 2.14. The van der Waals surface area contributed by atoms with Crippen LogP contribution in [-0.2, 0) is 22.3 Å². The quantitative estimate of drug-likeness (QED) is 0.304. The molecule has 1 saturated heterocycles. The van der Waals surface area contributed by atoms with Crippen molar-refractivity contribution in [2.75, 3.05) is 39.5 Å². The van der Waals surface area contributed by atoms with Crippen LogP contribution in [0.15, 0.2) is 33.8 Å². The second-order valence-corrected chi connectivity index (χ2v) is 7.57. The summed E-state index contributed by atoms with van der Waals surface area (Å²) < 4.78 is 16.6. The van der Waals surface area contributed by atoms with E-state index in [4.69, 9.17) is 14.0 Å². The number of nitrogens with zero attached hydrogens (tertiary/aromatic N) is 3. The normalized spacial score (nSPS) is 16.6. The fraction of sp³-hybridized carbons (Fsp3) is 0.609. The van der Waals surface area contributed by atoms with E-state index in [2.05, 4.69) is 44.8 Å². The van der Waals surface area contributed by atoms with E-state index in [9.17, 15) is 0 Å². The predicted octanol–water partition coefficient (Wildman–Crippen LogP) is 2.98. The van der Waals surface area contributed by atoms with Gasteiger partial charge in [-0.25, -0.2) is 0 Å². The molecule has 8 heteroatoms. The number of rotatable bonds is 12. The maximum Gasteiger partial charge on any atom is 0.257 e. The zero-order valence-electron chi connectivity index (χ0n) is 18.7. The number of hydrogen-bond acceptors (Lipinski definition) is 6. The Bertz CT molecular complexity index is 785. The summed E-state index contributed by atoms with van der Waals surface area (Å²) in [6, 6.07) is 8.25. The molecule has 1 aromatic carbocycles. The van der Waals surface area contributed by atoms with Crippen LogP contribution in [0, 0.1) is 0 Å². The lowest BCUT2D eigenvalue weighted by molar-refractivity contribution is 0.0171. The van der Waals surface area contributed by atoms with Gasteiger partial charge in [0.1, 0.15) is 0 Å². The summed E-state index contributed by atoms with van der Waals surface area (Å²) in [6.07, 6.45) is 5.13. The summed E-state index contributed by atoms with van der Waals surface area (Å²) in [5, 5.41) is 10.6. The van der Waals surface area contributed by atoms with Gasteiger partial charge in [0.05, 0.1) is 12.7 Å². The molecule has 1 aliphatic rings. The van der Waals surface area contributed by atoms with E-state index in [1.165, 1.54) is 5.56 Å². The number of nitrogens with one attached hydrogen (secondary N) is 2. The highest BCUT2D eigenvalue weighted by atomic mass is 16.5. The average molecular weight is 430 g/mol. The minimum absolute atomic E-state index is 0.289. The Labute approximate surface area is 184 Å². The van der Waals surface area contributed by atoms with Crippen molar-refractivity contribution in [3.05, 3.63) is 35.7 Å². The molecule has 0 saturated carbocycles. The molecule has 1 unspecified atom stereocenters. The van der Waals surface area contributed by atoms with E-state index in [1.54, 1.807) is 0 Å². The van der Waals surface area contributed by atoms with Crippen molar-refractivity contribution >= 4 is 5.96 Å². The molecule has 0 radical (unpaired) electrons. The van der Waals surface area contributed by atoms with E-state index in [-0.39, 0.29) is 6.10 Å². The van der Waals surface area contributed by atoms with Crippen LogP contribution in [0.4, 0.5) is 0 Å². The van der Waals surface area contributed by atoms with Crippen LogP contribution in [0.1, 0.15) is 44.5 Å². The van der Waals surface area contributed by atoms with Crippen molar-refractivity contribution in [3.8, 4) is 11.5 Å². The molecule has 0 aliphatic carbocycles. The predicted molar refractivity (Wildman–Crippen MR) is 121 cm³/mol. The van der Waals surface area contributed by atoms with E-state index in [1.807, 2.05) is 19.1 Å². The third-order valence-corrected chi connectivity index (χ3v) is 5.08. The Morgan fingerprint density at radius 3 is 2.81 bits per heavy atom. The van der Waals surface area contributed by atoms with Gasteiger partial charge in [-0.2, -0.15) is 4.98 Å². The van der Waals surface area contributed by atoms with Crippen molar-refractivity contribution in [2.24, 2.45) is 4.99 Å². The molecule has 1 atom stereocenters. The van der Waals surface area contributed by atoms with Crippen molar-refractivity contribution in [3.63, 3.8) is 0 Å². The lowest BCUT2D eigenvalue weighted by Crippen LogP contribution is -2.38. The third-order valence-electron chi connectivity index (χ3n) is 5.08. The standard InChI is InChI=1S/C23H35N5O3/c1-3-21-27-22(31-28-21)19-10-8-18(9-11-19)12-14-26-23(24-4-2)25-13-6-15-29-17-20-7-5-16-30-20/h8-11,20H,3-7,12-17H2,1-2H3,(H2,24,25,26). The summed E-state index contributed by atoms with van der Waals surface area (Å²) in [5.41, 5.74) is 2.19. The minimum Gasteiger partial charge on any atom is -0.379 e. The second-order valence-electron chi connectivity index (χ2n) is 7.57. The molecule has 1 aromatic heterocycles. The van der Waals surface area contributed by atoms with Gasteiger partial charge in [-0.1, -0.05) is 24.2 Å². The number of ether oxygens (including phenoxy) is 2. The molecular formula is C23H35N5O3. The summed E-state index contributed by atoms with van der Waals surface area (Å²) in [4.78, 5) is 9.01. The van der Waals surface area contributed by atoms with Gasteiger partial charge in [0.2, 0.25) is 0 Å². The number of hydrogen-bond donors (Lipinski definition) is 2. The minimum atomic E-state index is 0.289. The largest absolute Gasteiger partial charge is 0.379 e. The molecule has 2 heterocycles. The number of aryl methyl sites for hydroxylation is 1. The van der Waals surface area contributed by atoms with Crippen molar-refractivity contribution in [2.45, 2.75) is 52.1 Å². The van der Waals surface area contributed by atoms with Gasteiger partial charge in [-0.05, 0) is 50.3 Å². The first-order chi connectivity index (χ1) is 15.3. The van der Waals surface area contributed by atoms with Crippen LogP contribution in [0.2, 0.25) is 0 Å². The third kappa shape index (κ3) is 7.95. The lowest BCUT2D eigenvalue weighted by atomic mass is 10.1. The fourth-order valence-electron chi connectivity index (χ4n) is 3.34. The smallest absolute Gasteiger partial charge is 0.257 e. The molecule has 1 fully saturated rings. The topological polar surface area (TPSA) is 93.8 Å². The number of aliphatic imine (C=N–C) groups is 1. The maximum absolute atomic E-state index is 5.70. The summed E-state index contributed by atoms with van der Waals surface area (Å²) in [6.45, 7) is 8.75. The van der Waals surface area contributed by atoms with E-state index in [0.29, 0.717) is 12.5 Å². The van der Waals surface area contributed by atoms with Crippen LogP contribution in [-0.4, -0.2) is 61.7 Å². The molecule has 0 bridgehead atoms. The summed E-state index contributed by atoms with van der Waals surface area (Å²) in [7, 11) is 0. The van der Waals surface area contributed by atoms with Gasteiger partial charge in [0.25, 0.3) is 5.89 Å². The van der Waals surface area contributed by atoms with Crippen LogP contribution >= 0.6 is 0 Å². The van der Waals surface area contributed by atoms with Crippen molar-refractivity contribution < 1.29 is 14.0 Å². The number of guanidine groups is 1. The Morgan fingerprint density at radius 1 is 1.23 bits per heavy atom. The zero-order valence-corrected chi connectivity index (χ0v) is 18.7. The van der Waals surface area contributed by atoms with Crippen molar-refractivity contribution in [1.29, 1.82) is 0 Å². The Kier molecular flexibility index (Phi) is 9.79.